The van der Waals surface area contributed by atoms with Gasteiger partial charge in [0.25, 0.3) is 0 Å². The van der Waals surface area contributed by atoms with Gasteiger partial charge in [-0.2, -0.15) is 0 Å². The Morgan fingerprint density at radius 1 is 1.67 bits per heavy atom. The number of methoxy groups -OCH3 is 1. The first-order valence-corrected chi connectivity index (χ1v) is 5.47. The molecule has 2 rings (SSSR count). The summed E-state index contributed by atoms with van der Waals surface area (Å²) >= 11 is 5.11. The van der Waals surface area contributed by atoms with Crippen molar-refractivity contribution in [1.29, 1.82) is 0 Å². The summed E-state index contributed by atoms with van der Waals surface area (Å²) in [6, 6.07) is 0. The van der Waals surface area contributed by atoms with Crippen molar-refractivity contribution in [3.8, 4) is 0 Å². The summed E-state index contributed by atoms with van der Waals surface area (Å²) in [7, 11) is 1.73. The lowest BCUT2D eigenvalue weighted by atomic mass is 10.0. The molecule has 0 saturated heterocycles. The van der Waals surface area contributed by atoms with E-state index in [4.69, 9.17) is 22.7 Å². The Labute approximate surface area is 93.6 Å². The van der Waals surface area contributed by atoms with E-state index >= 15 is 0 Å². The van der Waals surface area contributed by atoms with Crippen LogP contribution < -0.4 is 5.73 Å². The van der Waals surface area contributed by atoms with Crippen molar-refractivity contribution in [3.05, 3.63) is 4.77 Å². The molecule has 84 valence electrons. The van der Waals surface area contributed by atoms with Gasteiger partial charge in [0.1, 0.15) is 0 Å². The molecule has 1 aliphatic carbocycles. The van der Waals surface area contributed by atoms with Crippen molar-refractivity contribution in [2.24, 2.45) is 5.41 Å². The number of H-pyrrole nitrogens is 1. The lowest BCUT2D eigenvalue weighted by Crippen LogP contribution is -2.15. The first-order chi connectivity index (χ1) is 7.17. The maximum absolute atomic E-state index is 5.73. The van der Waals surface area contributed by atoms with Gasteiger partial charge in [-0.1, -0.05) is 0 Å². The fourth-order valence-corrected chi connectivity index (χ4v) is 2.00. The van der Waals surface area contributed by atoms with Gasteiger partial charge in [0.15, 0.2) is 4.77 Å². The Balaban J connectivity index is 2.05. The van der Waals surface area contributed by atoms with Gasteiger partial charge >= 0.3 is 0 Å². The third-order valence-corrected chi connectivity index (χ3v) is 3.39. The number of rotatable bonds is 5. The molecular formula is C9H16N4OS. The molecule has 1 aromatic rings. The summed E-state index contributed by atoms with van der Waals surface area (Å²) in [6.45, 7) is 1.66. The lowest BCUT2D eigenvalue weighted by molar-refractivity contribution is 0.167. The minimum atomic E-state index is 0.340. The van der Waals surface area contributed by atoms with Crippen LogP contribution in [0.4, 0.5) is 5.95 Å². The lowest BCUT2D eigenvalue weighted by Gasteiger charge is -2.15. The second kappa shape index (κ2) is 3.94. The van der Waals surface area contributed by atoms with Gasteiger partial charge in [0.2, 0.25) is 5.95 Å². The molecule has 6 heteroatoms. The van der Waals surface area contributed by atoms with Crippen LogP contribution in [0.3, 0.4) is 0 Å². The van der Waals surface area contributed by atoms with Crippen molar-refractivity contribution < 1.29 is 4.74 Å². The van der Waals surface area contributed by atoms with E-state index in [2.05, 4.69) is 10.2 Å². The maximum atomic E-state index is 5.73. The van der Waals surface area contributed by atoms with Crippen LogP contribution in [0.15, 0.2) is 0 Å². The summed E-state index contributed by atoms with van der Waals surface area (Å²) < 4.78 is 7.59. The molecule has 15 heavy (non-hydrogen) atoms. The molecule has 0 aliphatic heterocycles. The van der Waals surface area contributed by atoms with Crippen LogP contribution >= 0.6 is 12.2 Å². The van der Waals surface area contributed by atoms with Gasteiger partial charge in [-0.15, -0.1) is 5.10 Å². The second-order valence-corrected chi connectivity index (χ2v) is 4.60. The Bertz CT molecular complexity index is 393. The number of aromatic amines is 1. The van der Waals surface area contributed by atoms with E-state index in [1.807, 2.05) is 4.57 Å². The smallest absolute Gasteiger partial charge is 0.220 e. The largest absolute Gasteiger partial charge is 0.385 e. The van der Waals surface area contributed by atoms with E-state index in [9.17, 15) is 0 Å². The Morgan fingerprint density at radius 2 is 2.40 bits per heavy atom. The van der Waals surface area contributed by atoms with Crippen LogP contribution in [0, 0.1) is 10.2 Å². The summed E-state index contributed by atoms with van der Waals surface area (Å²) in [4.78, 5) is 0. The number of nitrogens with zero attached hydrogens (tertiary/aromatic N) is 2. The minimum absolute atomic E-state index is 0.340. The molecule has 1 aliphatic rings. The van der Waals surface area contributed by atoms with Crippen molar-refractivity contribution >= 4 is 18.2 Å². The Morgan fingerprint density at radius 3 is 2.87 bits per heavy atom. The molecule has 5 nitrogen and oxygen atoms in total. The number of aromatic nitrogens is 3. The molecule has 0 amide bonds. The highest BCUT2D eigenvalue weighted by Gasteiger charge is 2.42. The third-order valence-electron chi connectivity index (χ3n) is 3.07. The van der Waals surface area contributed by atoms with Gasteiger partial charge in [0.05, 0.1) is 0 Å². The van der Waals surface area contributed by atoms with E-state index in [1.165, 1.54) is 12.8 Å². The predicted octanol–water partition coefficient (Wildman–Crippen LogP) is 1.34. The van der Waals surface area contributed by atoms with Gasteiger partial charge in [-0.25, -0.2) is 5.10 Å². The van der Waals surface area contributed by atoms with Crippen LogP contribution in [0.1, 0.15) is 19.3 Å². The first-order valence-electron chi connectivity index (χ1n) is 5.06. The van der Waals surface area contributed by atoms with E-state index < -0.39 is 0 Å². The number of anilines is 1. The highest BCUT2D eigenvalue weighted by atomic mass is 32.1. The molecule has 0 atom stereocenters. The predicted molar refractivity (Wildman–Crippen MR) is 60.0 cm³/mol. The molecular weight excluding hydrogens is 212 g/mol. The number of nitrogens with two attached hydrogens (primary N) is 1. The molecule has 0 unspecified atom stereocenters. The summed E-state index contributed by atoms with van der Waals surface area (Å²) in [5.41, 5.74) is 6.07. The molecule has 1 aromatic heterocycles. The Kier molecular flexibility index (Phi) is 2.79. The van der Waals surface area contributed by atoms with E-state index in [0.717, 1.165) is 19.6 Å². The molecule has 1 heterocycles. The number of nitrogen functional groups attached to an aromatic ring is 1. The molecule has 0 radical (unpaired) electrons. The monoisotopic (exact) mass is 228 g/mol. The summed E-state index contributed by atoms with van der Waals surface area (Å²) in [5.74, 6) is 0.476. The zero-order valence-electron chi connectivity index (χ0n) is 8.82. The van der Waals surface area contributed by atoms with Crippen molar-refractivity contribution in [2.75, 3.05) is 19.5 Å². The van der Waals surface area contributed by atoms with Gasteiger partial charge in [-0.05, 0) is 36.9 Å². The molecule has 0 aromatic carbocycles. The average Bonchev–Trinajstić information content (AvgIpc) is 2.93. The standard InChI is InChI=1S/C9H16N4OS/c1-14-5-4-9(2-3-9)6-13-7(10)11-12-8(13)15/h2-6H2,1H3,(H2,10,11)(H,12,15). The minimum Gasteiger partial charge on any atom is -0.385 e. The van der Waals surface area contributed by atoms with Gasteiger partial charge < -0.3 is 10.5 Å². The SMILES string of the molecule is COCCC1(Cn2c(N)n[nH]c2=S)CC1. The molecule has 0 bridgehead atoms. The zero-order valence-corrected chi connectivity index (χ0v) is 9.64. The number of ether oxygens (including phenoxy) is 1. The van der Waals surface area contributed by atoms with Crippen LogP contribution in [0.2, 0.25) is 0 Å². The Hall–Kier alpha value is -0.880. The van der Waals surface area contributed by atoms with Crippen LogP contribution in [-0.4, -0.2) is 28.5 Å². The fourth-order valence-electron chi connectivity index (χ4n) is 1.80. The number of nitrogens with one attached hydrogen (secondary N) is 1. The number of hydrogen-bond donors (Lipinski definition) is 2. The maximum Gasteiger partial charge on any atom is 0.220 e. The van der Waals surface area contributed by atoms with Crippen LogP contribution in [-0.2, 0) is 11.3 Å². The topological polar surface area (TPSA) is 68.9 Å². The quantitative estimate of drug-likeness (QED) is 0.746. The van der Waals surface area contributed by atoms with Crippen molar-refractivity contribution in [1.82, 2.24) is 14.8 Å². The van der Waals surface area contributed by atoms with E-state index in [0.29, 0.717) is 16.1 Å². The molecule has 1 fully saturated rings. The van der Waals surface area contributed by atoms with Gasteiger partial charge in [0, 0.05) is 20.3 Å². The second-order valence-electron chi connectivity index (χ2n) is 4.22. The molecule has 3 N–H and O–H groups in total. The number of hydrogen-bond acceptors (Lipinski definition) is 4. The third kappa shape index (κ3) is 2.21. The highest BCUT2D eigenvalue weighted by molar-refractivity contribution is 7.71. The average molecular weight is 228 g/mol. The highest BCUT2D eigenvalue weighted by Crippen LogP contribution is 2.50. The van der Waals surface area contributed by atoms with Crippen molar-refractivity contribution in [3.63, 3.8) is 0 Å². The van der Waals surface area contributed by atoms with Gasteiger partial charge in [-0.3, -0.25) is 4.57 Å². The van der Waals surface area contributed by atoms with E-state index in [-0.39, 0.29) is 0 Å². The zero-order chi connectivity index (χ0) is 10.9. The first kappa shape index (κ1) is 10.6. The van der Waals surface area contributed by atoms with Crippen molar-refractivity contribution in [2.45, 2.75) is 25.8 Å². The fraction of sp³-hybridized carbons (Fsp3) is 0.778. The summed E-state index contributed by atoms with van der Waals surface area (Å²) in [5, 5.41) is 6.60. The molecule has 0 spiro atoms. The van der Waals surface area contributed by atoms with Crippen LogP contribution in [0.5, 0.6) is 0 Å². The van der Waals surface area contributed by atoms with Crippen LogP contribution in [0.25, 0.3) is 0 Å². The van der Waals surface area contributed by atoms with E-state index in [1.54, 1.807) is 7.11 Å². The molecule has 1 saturated carbocycles. The normalized spacial score (nSPS) is 17.9. The summed E-state index contributed by atoms with van der Waals surface area (Å²) in [6.07, 6.45) is 3.52.